The molecule has 3 aromatic heterocycles. The van der Waals surface area contributed by atoms with Crippen LogP contribution in [0.15, 0.2) is 55.1 Å². The highest BCUT2D eigenvalue weighted by atomic mass is 19.1. The second kappa shape index (κ2) is 10.7. The van der Waals surface area contributed by atoms with Crippen LogP contribution in [-0.2, 0) is 17.9 Å². The van der Waals surface area contributed by atoms with Gasteiger partial charge >= 0.3 is 0 Å². The quantitative estimate of drug-likeness (QED) is 0.181. The number of nitrogens with zero attached hydrogens (tertiary/aromatic N) is 5. The molecule has 0 spiro atoms. The number of aryl methyl sites for hydroxylation is 1. The van der Waals surface area contributed by atoms with Crippen LogP contribution in [0.1, 0.15) is 37.7 Å². The van der Waals surface area contributed by atoms with E-state index in [9.17, 15) is 9.18 Å². The molecule has 10 heteroatoms. The fraction of sp³-hybridized carbons (Fsp3) is 0.304. The van der Waals surface area contributed by atoms with Crippen LogP contribution in [0.4, 0.5) is 16.0 Å². The third-order valence-corrected chi connectivity index (χ3v) is 5.32. The zero-order chi connectivity index (χ0) is 23.0. The Labute approximate surface area is 190 Å². The minimum Gasteiger partial charge on any atom is -0.328 e. The van der Waals surface area contributed by atoms with E-state index in [4.69, 9.17) is 5.21 Å². The number of nitrogens with one attached hydrogen (secondary N) is 2. The summed E-state index contributed by atoms with van der Waals surface area (Å²) in [5, 5.41) is 17.0. The van der Waals surface area contributed by atoms with Crippen LogP contribution in [0.25, 0.3) is 11.0 Å². The molecule has 0 unspecified atom stereocenters. The summed E-state index contributed by atoms with van der Waals surface area (Å²) in [6.07, 6.45) is 11.3. The van der Waals surface area contributed by atoms with Gasteiger partial charge in [0.2, 0.25) is 11.9 Å². The Morgan fingerprint density at radius 1 is 1.06 bits per heavy atom. The first kappa shape index (κ1) is 22.4. The molecule has 3 heterocycles. The molecule has 0 aliphatic rings. The summed E-state index contributed by atoms with van der Waals surface area (Å²) in [7, 11) is 0. The second-order valence-corrected chi connectivity index (χ2v) is 7.86. The maximum atomic E-state index is 13.2. The molecule has 33 heavy (non-hydrogen) atoms. The van der Waals surface area contributed by atoms with Crippen molar-refractivity contribution in [3.05, 3.63) is 66.5 Å². The summed E-state index contributed by atoms with van der Waals surface area (Å²) in [6.45, 7) is 1.36. The predicted molar refractivity (Wildman–Crippen MR) is 122 cm³/mol. The van der Waals surface area contributed by atoms with E-state index in [1.807, 2.05) is 27.7 Å². The zero-order valence-electron chi connectivity index (χ0n) is 18.1. The van der Waals surface area contributed by atoms with Crippen molar-refractivity contribution in [1.82, 2.24) is 29.8 Å². The van der Waals surface area contributed by atoms with Crippen molar-refractivity contribution in [2.75, 3.05) is 5.32 Å². The maximum Gasteiger partial charge on any atom is 0.243 e. The monoisotopic (exact) mass is 451 g/mol. The molecule has 0 aliphatic heterocycles. The Kier molecular flexibility index (Phi) is 7.26. The van der Waals surface area contributed by atoms with Crippen molar-refractivity contribution in [3.8, 4) is 0 Å². The number of hydrogen-bond donors (Lipinski definition) is 3. The molecule has 9 nitrogen and oxygen atoms in total. The minimum absolute atomic E-state index is 0.252. The lowest BCUT2D eigenvalue weighted by Crippen LogP contribution is -2.17. The number of aromatic nitrogens is 5. The van der Waals surface area contributed by atoms with E-state index in [-0.39, 0.29) is 11.7 Å². The van der Waals surface area contributed by atoms with Crippen LogP contribution < -0.4 is 10.8 Å². The number of hydrogen-bond acceptors (Lipinski definition) is 6. The van der Waals surface area contributed by atoms with Crippen molar-refractivity contribution >= 4 is 28.6 Å². The average molecular weight is 452 g/mol. The summed E-state index contributed by atoms with van der Waals surface area (Å²) in [6, 6.07) is 8.40. The van der Waals surface area contributed by atoms with E-state index in [2.05, 4.69) is 20.4 Å². The summed E-state index contributed by atoms with van der Waals surface area (Å²) in [5.41, 5.74) is 4.22. The molecule has 4 rings (SSSR count). The topological polar surface area (TPSA) is 110 Å². The van der Waals surface area contributed by atoms with Crippen LogP contribution >= 0.6 is 0 Å². The number of carbonyl (C=O) groups excluding carboxylic acids is 1. The Balaban J connectivity index is 1.32. The number of amides is 1. The van der Waals surface area contributed by atoms with Crippen molar-refractivity contribution in [3.63, 3.8) is 0 Å². The highest BCUT2D eigenvalue weighted by molar-refractivity contribution is 5.77. The van der Waals surface area contributed by atoms with Crippen molar-refractivity contribution in [2.24, 2.45) is 0 Å². The summed E-state index contributed by atoms with van der Waals surface area (Å²) < 4.78 is 17.0. The fourth-order valence-electron chi connectivity index (χ4n) is 3.59. The van der Waals surface area contributed by atoms with Gasteiger partial charge in [0.1, 0.15) is 11.5 Å². The van der Waals surface area contributed by atoms with E-state index >= 15 is 0 Å². The molecule has 1 amide bonds. The standard InChI is InChI=1S/C23H26FN7O2/c24-19-8-6-17(7-9-19)15-30-12-10-18-13-25-23(28-22(18)30)27-20-14-26-31(16-20)11-4-2-1-3-5-21(32)29-33/h6-10,12-14,16,33H,1-5,11,15H2,(H,29,32)(H,25,27,28). The van der Waals surface area contributed by atoms with Crippen LogP contribution in [0.3, 0.4) is 0 Å². The molecule has 3 N–H and O–H groups in total. The molecular weight excluding hydrogens is 425 g/mol. The van der Waals surface area contributed by atoms with Crippen molar-refractivity contribution in [2.45, 2.75) is 45.2 Å². The molecular formula is C23H26FN7O2. The highest BCUT2D eigenvalue weighted by Gasteiger charge is 2.08. The molecule has 172 valence electrons. The lowest BCUT2D eigenvalue weighted by atomic mass is 10.1. The van der Waals surface area contributed by atoms with E-state index < -0.39 is 0 Å². The molecule has 0 atom stereocenters. The Morgan fingerprint density at radius 2 is 1.88 bits per heavy atom. The van der Waals surface area contributed by atoms with E-state index in [0.29, 0.717) is 18.9 Å². The molecule has 0 aliphatic carbocycles. The first-order valence-electron chi connectivity index (χ1n) is 10.9. The van der Waals surface area contributed by atoms with Gasteiger partial charge in [0.05, 0.1) is 11.9 Å². The third-order valence-electron chi connectivity index (χ3n) is 5.32. The molecule has 1 aromatic carbocycles. The highest BCUT2D eigenvalue weighted by Crippen LogP contribution is 2.19. The van der Waals surface area contributed by atoms with Gasteiger partial charge < -0.3 is 9.88 Å². The lowest BCUT2D eigenvalue weighted by molar-refractivity contribution is -0.129. The number of halogens is 1. The number of rotatable bonds is 11. The van der Waals surface area contributed by atoms with Crippen LogP contribution in [-0.4, -0.2) is 35.4 Å². The van der Waals surface area contributed by atoms with Gasteiger partial charge in [0.25, 0.3) is 0 Å². The minimum atomic E-state index is -0.346. The van der Waals surface area contributed by atoms with Crippen LogP contribution in [0.5, 0.6) is 0 Å². The lowest BCUT2D eigenvalue weighted by Gasteiger charge is -2.07. The van der Waals surface area contributed by atoms with Gasteiger partial charge in [-0.3, -0.25) is 14.7 Å². The number of hydroxylamine groups is 1. The average Bonchev–Trinajstić information content (AvgIpc) is 3.44. The number of unbranched alkanes of at least 4 members (excludes halogenated alkanes) is 3. The largest absolute Gasteiger partial charge is 0.328 e. The molecule has 0 fully saturated rings. The number of carbonyl (C=O) groups is 1. The Morgan fingerprint density at radius 3 is 2.70 bits per heavy atom. The smallest absolute Gasteiger partial charge is 0.243 e. The Hall–Kier alpha value is -3.79. The van der Waals surface area contributed by atoms with Crippen LogP contribution in [0, 0.1) is 5.82 Å². The van der Waals surface area contributed by atoms with Gasteiger partial charge in [-0.2, -0.15) is 10.1 Å². The molecule has 4 aromatic rings. The molecule has 0 bridgehead atoms. The van der Waals surface area contributed by atoms with Gasteiger partial charge in [-0.15, -0.1) is 0 Å². The van der Waals surface area contributed by atoms with Gasteiger partial charge in [-0.05, 0) is 36.6 Å². The fourth-order valence-corrected chi connectivity index (χ4v) is 3.59. The van der Waals surface area contributed by atoms with Gasteiger partial charge in [-0.1, -0.05) is 25.0 Å². The maximum absolute atomic E-state index is 13.2. The van der Waals surface area contributed by atoms with Gasteiger partial charge in [-0.25, -0.2) is 14.9 Å². The van der Waals surface area contributed by atoms with Gasteiger partial charge in [0, 0.05) is 43.5 Å². The number of anilines is 2. The summed E-state index contributed by atoms with van der Waals surface area (Å²) in [4.78, 5) is 20.0. The molecule has 0 saturated heterocycles. The first-order chi connectivity index (χ1) is 16.1. The van der Waals surface area contributed by atoms with E-state index in [0.717, 1.165) is 54.5 Å². The molecule has 0 saturated carbocycles. The van der Waals surface area contributed by atoms with Crippen molar-refractivity contribution < 1.29 is 14.4 Å². The Bertz CT molecular complexity index is 1200. The number of fused-ring (bicyclic) bond motifs is 1. The normalized spacial score (nSPS) is 11.1. The number of benzene rings is 1. The predicted octanol–water partition coefficient (Wildman–Crippen LogP) is 4.01. The third kappa shape index (κ3) is 6.13. The SMILES string of the molecule is O=C(CCCCCCn1cc(Nc2ncc3ccn(Cc4ccc(F)cc4)c3n2)cn1)NO. The van der Waals surface area contributed by atoms with Crippen molar-refractivity contribution in [1.29, 1.82) is 0 Å². The zero-order valence-corrected chi connectivity index (χ0v) is 18.1. The summed E-state index contributed by atoms with van der Waals surface area (Å²) >= 11 is 0. The first-order valence-corrected chi connectivity index (χ1v) is 10.9. The molecule has 0 radical (unpaired) electrons. The summed E-state index contributed by atoms with van der Waals surface area (Å²) in [5.74, 6) is -0.123. The van der Waals surface area contributed by atoms with E-state index in [1.54, 1.807) is 30.0 Å². The van der Waals surface area contributed by atoms with E-state index in [1.165, 1.54) is 12.1 Å². The second-order valence-electron chi connectivity index (χ2n) is 7.86. The van der Waals surface area contributed by atoms with Crippen LogP contribution in [0.2, 0.25) is 0 Å². The van der Waals surface area contributed by atoms with Gasteiger partial charge in [0.15, 0.2) is 0 Å².